The van der Waals surface area contributed by atoms with Crippen LogP contribution in [0.5, 0.6) is 10.9 Å². The molecule has 0 radical (unpaired) electrons. The Hall–Kier alpha value is -3.70. The van der Waals surface area contributed by atoms with Crippen molar-refractivity contribution in [1.82, 2.24) is 20.2 Å². The Kier molecular flexibility index (Phi) is 7.70. The number of rotatable bonds is 5. The summed E-state index contributed by atoms with van der Waals surface area (Å²) in [5.74, 6) is 1.55. The summed E-state index contributed by atoms with van der Waals surface area (Å²) in [4.78, 5) is 31.3. The zero-order chi connectivity index (χ0) is 25.7. The molecule has 0 spiro atoms. The second-order valence-electron chi connectivity index (χ2n) is 9.29. The number of carbonyl (C=O) groups is 2. The van der Waals surface area contributed by atoms with Crippen LogP contribution in [0, 0.1) is 0 Å². The summed E-state index contributed by atoms with van der Waals surface area (Å²) >= 11 is 1.46. The van der Waals surface area contributed by atoms with Crippen LogP contribution < -0.4 is 10.1 Å². The molecule has 1 fully saturated rings. The van der Waals surface area contributed by atoms with Gasteiger partial charge in [-0.05, 0) is 57.5 Å². The normalized spacial score (nSPS) is 15.9. The smallest absolute Gasteiger partial charge is 0.407 e. The van der Waals surface area contributed by atoms with Gasteiger partial charge in [0.2, 0.25) is 0 Å². The Morgan fingerprint density at radius 3 is 2.89 bits per heavy atom. The lowest BCUT2D eigenvalue weighted by Crippen LogP contribution is -2.40. The molecule has 1 aliphatic rings. The number of ether oxygens (including phenoxy) is 2. The first-order valence-electron chi connectivity index (χ1n) is 11.4. The van der Waals surface area contributed by atoms with Crippen LogP contribution in [-0.2, 0) is 16.1 Å². The van der Waals surface area contributed by atoms with Crippen LogP contribution >= 0.6 is 11.3 Å². The highest BCUT2D eigenvalue weighted by Crippen LogP contribution is 2.32. The molecule has 4 aromatic rings. The van der Waals surface area contributed by atoms with E-state index in [0.29, 0.717) is 23.1 Å². The van der Waals surface area contributed by atoms with Gasteiger partial charge in [0.15, 0.2) is 5.65 Å². The Labute approximate surface area is 211 Å². The van der Waals surface area contributed by atoms with Gasteiger partial charge in [0, 0.05) is 36.8 Å². The Bertz CT molecular complexity index is 1310. The van der Waals surface area contributed by atoms with Crippen molar-refractivity contribution in [2.24, 2.45) is 0 Å². The second kappa shape index (κ2) is 10.9. The fourth-order valence-corrected chi connectivity index (χ4v) is 4.68. The number of benzene rings is 1. The lowest BCUT2D eigenvalue weighted by atomic mass is 10.2. The van der Waals surface area contributed by atoms with Crippen molar-refractivity contribution in [1.29, 1.82) is 0 Å². The third-order valence-electron chi connectivity index (χ3n) is 5.27. The van der Waals surface area contributed by atoms with Crippen LogP contribution in [0.2, 0.25) is 0 Å². The van der Waals surface area contributed by atoms with E-state index in [0.717, 1.165) is 40.9 Å². The van der Waals surface area contributed by atoms with Crippen molar-refractivity contribution in [3.05, 3.63) is 48.4 Å². The van der Waals surface area contributed by atoms with Gasteiger partial charge < -0.3 is 24.3 Å². The number of alkyl carbamates (subject to hydrolysis) is 1. The van der Waals surface area contributed by atoms with Crippen LogP contribution in [0.15, 0.2) is 47.0 Å². The number of thiazole rings is 1. The number of aromatic nitrogens is 2. The maximum atomic E-state index is 12.0. The third-order valence-corrected chi connectivity index (χ3v) is 6.15. The van der Waals surface area contributed by atoms with Gasteiger partial charge in [-0.2, -0.15) is 4.98 Å². The molecule has 0 saturated carbocycles. The van der Waals surface area contributed by atoms with E-state index >= 15 is 0 Å². The molecule has 10 nitrogen and oxygen atoms in total. The van der Waals surface area contributed by atoms with Crippen LogP contribution in [0.1, 0.15) is 33.0 Å². The summed E-state index contributed by atoms with van der Waals surface area (Å²) in [6, 6.07) is 11.8. The van der Waals surface area contributed by atoms with E-state index in [-0.39, 0.29) is 18.6 Å². The molecule has 4 heterocycles. The molecule has 1 aliphatic heterocycles. The topological polar surface area (TPSA) is 127 Å². The Morgan fingerprint density at radius 1 is 1.33 bits per heavy atom. The average Bonchev–Trinajstić information content (AvgIpc) is 3.50. The SMILES string of the molecule is CC(C)(C)OC(=O)NC1CCN(Cc2cc3ccc(Oc4nc5ncccc5s4)cc3o2)C1.O=CO. The number of hydrogen-bond acceptors (Lipinski definition) is 9. The van der Waals surface area contributed by atoms with Crippen molar-refractivity contribution >= 4 is 45.2 Å². The first kappa shape index (κ1) is 25.4. The molecule has 0 bridgehead atoms. The molecule has 1 saturated heterocycles. The minimum atomic E-state index is -0.497. The molecule has 11 heteroatoms. The zero-order valence-electron chi connectivity index (χ0n) is 20.3. The third kappa shape index (κ3) is 6.70. The fourth-order valence-electron chi connectivity index (χ4n) is 3.89. The molecule has 3 aromatic heterocycles. The summed E-state index contributed by atoms with van der Waals surface area (Å²) in [6.07, 6.45) is 2.24. The highest BCUT2D eigenvalue weighted by atomic mass is 32.1. The second-order valence-corrected chi connectivity index (χ2v) is 10.3. The number of carbonyl (C=O) groups excluding carboxylic acids is 1. The number of likely N-dealkylation sites (tertiary alicyclic amines) is 1. The number of hydrogen-bond donors (Lipinski definition) is 2. The predicted octanol–water partition coefficient (Wildman–Crippen LogP) is 5.03. The maximum absolute atomic E-state index is 12.0. The highest BCUT2D eigenvalue weighted by Gasteiger charge is 2.26. The van der Waals surface area contributed by atoms with E-state index in [9.17, 15) is 4.79 Å². The molecule has 5 rings (SSSR count). The molecule has 1 aromatic carbocycles. The average molecular weight is 513 g/mol. The Balaban J connectivity index is 0.000000967. The van der Waals surface area contributed by atoms with Crippen molar-refractivity contribution in [2.45, 2.75) is 45.4 Å². The van der Waals surface area contributed by atoms with Gasteiger partial charge in [0.1, 0.15) is 22.7 Å². The number of carboxylic acid groups (broad SMARTS) is 1. The summed E-state index contributed by atoms with van der Waals surface area (Å²) in [5, 5.41) is 11.4. The van der Waals surface area contributed by atoms with Gasteiger partial charge in [0.25, 0.3) is 11.7 Å². The van der Waals surface area contributed by atoms with Gasteiger partial charge in [-0.1, -0.05) is 11.3 Å². The first-order valence-corrected chi connectivity index (χ1v) is 12.3. The van der Waals surface area contributed by atoms with Gasteiger partial charge in [-0.25, -0.2) is 9.78 Å². The van der Waals surface area contributed by atoms with E-state index in [2.05, 4.69) is 26.3 Å². The summed E-state index contributed by atoms with van der Waals surface area (Å²) < 4.78 is 18.4. The number of nitrogens with zero attached hydrogens (tertiary/aromatic N) is 3. The molecular weight excluding hydrogens is 484 g/mol. The fraction of sp³-hybridized carbons (Fsp3) is 0.360. The molecule has 36 heavy (non-hydrogen) atoms. The zero-order valence-corrected chi connectivity index (χ0v) is 21.1. The lowest BCUT2D eigenvalue weighted by Gasteiger charge is -2.22. The predicted molar refractivity (Wildman–Crippen MR) is 135 cm³/mol. The van der Waals surface area contributed by atoms with Crippen molar-refractivity contribution in [3.8, 4) is 10.9 Å². The molecule has 1 amide bonds. The van der Waals surface area contributed by atoms with E-state index in [1.54, 1.807) is 6.20 Å². The standard InChI is InChI=1S/C24H26N4O4S.CH2O2/c1-24(2,3)32-22(29)26-16-8-10-28(13-16)14-18-11-15-6-7-17(12-19(15)30-18)31-23-27-21-20(33-23)5-4-9-25-21;2-1-3/h4-7,9,11-12,16H,8,10,13-14H2,1-3H3,(H,26,29);1H,(H,2,3). The van der Waals surface area contributed by atoms with Crippen LogP contribution in [-0.4, -0.2) is 57.3 Å². The van der Waals surface area contributed by atoms with Crippen LogP contribution in [0.3, 0.4) is 0 Å². The van der Waals surface area contributed by atoms with Crippen molar-refractivity contribution in [3.63, 3.8) is 0 Å². The Morgan fingerprint density at radius 2 is 2.14 bits per heavy atom. The summed E-state index contributed by atoms with van der Waals surface area (Å²) in [5.41, 5.74) is 0.955. The highest BCUT2D eigenvalue weighted by molar-refractivity contribution is 7.20. The van der Waals surface area contributed by atoms with Crippen LogP contribution in [0.4, 0.5) is 4.79 Å². The molecule has 0 aliphatic carbocycles. The van der Waals surface area contributed by atoms with E-state index in [1.807, 2.05) is 51.1 Å². The number of fused-ring (bicyclic) bond motifs is 2. The van der Waals surface area contributed by atoms with E-state index in [1.165, 1.54) is 11.3 Å². The minimum absolute atomic E-state index is 0.0764. The number of amides is 1. The first-order chi connectivity index (χ1) is 17.2. The maximum Gasteiger partial charge on any atom is 0.407 e. The number of nitrogens with one attached hydrogen (secondary N) is 1. The largest absolute Gasteiger partial charge is 0.483 e. The van der Waals surface area contributed by atoms with Gasteiger partial charge in [0.05, 0.1) is 11.2 Å². The molecule has 1 atom stereocenters. The monoisotopic (exact) mass is 512 g/mol. The van der Waals surface area contributed by atoms with Gasteiger partial charge in [-0.15, -0.1) is 0 Å². The van der Waals surface area contributed by atoms with Crippen molar-refractivity contribution < 1.29 is 28.6 Å². The van der Waals surface area contributed by atoms with Crippen molar-refractivity contribution in [2.75, 3.05) is 13.1 Å². The van der Waals surface area contributed by atoms with E-state index in [4.69, 9.17) is 23.8 Å². The van der Waals surface area contributed by atoms with Gasteiger partial charge >= 0.3 is 6.09 Å². The van der Waals surface area contributed by atoms with Gasteiger partial charge in [-0.3, -0.25) is 9.69 Å². The molecule has 190 valence electrons. The molecular formula is C25H28N4O6S. The number of pyridine rings is 1. The number of furan rings is 1. The molecule has 1 unspecified atom stereocenters. The van der Waals surface area contributed by atoms with E-state index < -0.39 is 5.60 Å². The quantitative estimate of drug-likeness (QED) is 0.354. The summed E-state index contributed by atoms with van der Waals surface area (Å²) in [6.45, 7) is 7.67. The molecule has 2 N–H and O–H groups in total. The lowest BCUT2D eigenvalue weighted by molar-refractivity contribution is -0.122. The summed E-state index contributed by atoms with van der Waals surface area (Å²) in [7, 11) is 0. The minimum Gasteiger partial charge on any atom is -0.483 e. The van der Waals surface area contributed by atoms with Crippen LogP contribution in [0.25, 0.3) is 21.3 Å².